The monoisotopic (exact) mass is 399 g/mol. The average molecular weight is 399 g/mol. The first-order valence-electron chi connectivity index (χ1n) is 10.4. The molecule has 1 unspecified atom stereocenters. The Morgan fingerprint density at radius 2 is 1.93 bits per heavy atom. The summed E-state index contributed by atoms with van der Waals surface area (Å²) in [7, 11) is 0. The van der Waals surface area contributed by atoms with Gasteiger partial charge in [0.2, 0.25) is 0 Å². The minimum Gasteiger partial charge on any atom is -0.369 e. The van der Waals surface area contributed by atoms with E-state index >= 15 is 0 Å². The average Bonchev–Trinajstić information content (AvgIpc) is 3.41. The smallest absolute Gasteiger partial charge is 0.262 e. The van der Waals surface area contributed by atoms with Crippen LogP contribution in [0.15, 0.2) is 66.0 Å². The van der Waals surface area contributed by atoms with Crippen molar-refractivity contribution in [3.8, 4) is 11.1 Å². The molecular formula is C24H25N5O. The summed E-state index contributed by atoms with van der Waals surface area (Å²) >= 11 is 0. The van der Waals surface area contributed by atoms with Crippen molar-refractivity contribution >= 4 is 11.9 Å². The molecule has 0 radical (unpaired) electrons. The van der Waals surface area contributed by atoms with E-state index in [0.717, 1.165) is 35.2 Å². The molecule has 1 aromatic heterocycles. The fraction of sp³-hybridized carbons (Fsp3) is 0.292. The summed E-state index contributed by atoms with van der Waals surface area (Å²) in [5, 5.41) is 0. The Morgan fingerprint density at radius 3 is 2.63 bits per heavy atom. The number of nitrogens with zero attached hydrogens (tertiary/aromatic N) is 3. The van der Waals surface area contributed by atoms with Crippen LogP contribution in [0.3, 0.4) is 0 Å². The highest BCUT2D eigenvalue weighted by atomic mass is 16.2. The lowest BCUT2D eigenvalue weighted by Gasteiger charge is -2.27. The number of nitrogens with one attached hydrogen (secondary N) is 1. The topological polar surface area (TPSA) is 87.4 Å². The Morgan fingerprint density at radius 1 is 1.17 bits per heavy atom. The molecule has 1 aliphatic carbocycles. The molecule has 6 heteroatoms. The summed E-state index contributed by atoms with van der Waals surface area (Å²) in [5.41, 5.74) is 10.7. The lowest BCUT2D eigenvalue weighted by atomic mass is 9.83. The minimum atomic E-state index is -0.905. The molecule has 2 aromatic carbocycles. The predicted molar refractivity (Wildman–Crippen MR) is 117 cm³/mol. The van der Waals surface area contributed by atoms with Crippen molar-refractivity contribution in [2.24, 2.45) is 16.6 Å². The molecule has 1 saturated carbocycles. The number of aromatic amines is 1. The van der Waals surface area contributed by atoms with E-state index in [0.29, 0.717) is 18.9 Å². The van der Waals surface area contributed by atoms with Gasteiger partial charge in [-0.15, -0.1) is 0 Å². The van der Waals surface area contributed by atoms with Crippen molar-refractivity contribution in [1.82, 2.24) is 14.9 Å². The molecule has 0 bridgehead atoms. The van der Waals surface area contributed by atoms with Crippen LogP contribution in [0.1, 0.15) is 29.7 Å². The quantitative estimate of drug-likeness (QED) is 0.666. The number of nitrogens with two attached hydrogens (primary N) is 1. The normalized spacial score (nSPS) is 21.2. The third kappa shape index (κ3) is 3.09. The van der Waals surface area contributed by atoms with Gasteiger partial charge in [-0.2, -0.15) is 0 Å². The van der Waals surface area contributed by atoms with Crippen LogP contribution in [0.25, 0.3) is 11.1 Å². The van der Waals surface area contributed by atoms with Gasteiger partial charge in [-0.25, -0.2) is 9.98 Å². The maximum absolute atomic E-state index is 13.7. The number of H-pyrrole nitrogens is 1. The highest BCUT2D eigenvalue weighted by Gasteiger charge is 2.57. The van der Waals surface area contributed by atoms with Gasteiger partial charge in [0.15, 0.2) is 11.5 Å². The number of amides is 1. The van der Waals surface area contributed by atoms with Crippen LogP contribution in [0.2, 0.25) is 0 Å². The maximum atomic E-state index is 13.7. The number of hydrogen-bond acceptors (Lipinski definition) is 4. The van der Waals surface area contributed by atoms with Gasteiger partial charge in [-0.1, -0.05) is 48.0 Å². The molecule has 1 amide bonds. The SMILES string of the molecule is Cc1cccc(-c2cccc(C3(C4CC4)N=C(N)N(CCc4cnc[nH]4)C3=O)c2)c1. The lowest BCUT2D eigenvalue weighted by Crippen LogP contribution is -2.45. The summed E-state index contributed by atoms with van der Waals surface area (Å²) in [4.78, 5) is 27.3. The Kier molecular flexibility index (Phi) is 4.42. The lowest BCUT2D eigenvalue weighted by molar-refractivity contribution is -0.132. The van der Waals surface area contributed by atoms with Gasteiger partial charge in [0.05, 0.1) is 6.33 Å². The number of rotatable bonds is 6. The summed E-state index contributed by atoms with van der Waals surface area (Å²) in [6, 6.07) is 16.6. The van der Waals surface area contributed by atoms with E-state index in [1.54, 1.807) is 17.4 Å². The van der Waals surface area contributed by atoms with E-state index in [2.05, 4.69) is 53.3 Å². The molecule has 6 nitrogen and oxygen atoms in total. The first kappa shape index (κ1) is 18.6. The molecule has 3 N–H and O–H groups in total. The molecule has 0 saturated heterocycles. The molecule has 0 spiro atoms. The number of carbonyl (C=O) groups is 1. The molecule has 1 fully saturated rings. The molecule has 152 valence electrons. The highest BCUT2D eigenvalue weighted by molar-refractivity contribution is 6.07. The molecule has 3 aromatic rings. The van der Waals surface area contributed by atoms with Crippen molar-refractivity contribution < 1.29 is 4.79 Å². The number of carbonyl (C=O) groups excluding carboxylic acids is 1. The molecule has 30 heavy (non-hydrogen) atoms. The van der Waals surface area contributed by atoms with E-state index < -0.39 is 5.54 Å². The Hall–Kier alpha value is -3.41. The number of hydrogen-bond donors (Lipinski definition) is 2. The number of imidazole rings is 1. The number of benzene rings is 2. The third-order valence-corrected chi connectivity index (χ3v) is 6.12. The zero-order valence-electron chi connectivity index (χ0n) is 17.0. The minimum absolute atomic E-state index is 0.0107. The van der Waals surface area contributed by atoms with Gasteiger partial charge in [-0.05, 0) is 48.4 Å². The van der Waals surface area contributed by atoms with Crippen LogP contribution < -0.4 is 5.73 Å². The van der Waals surface area contributed by atoms with Gasteiger partial charge in [-0.3, -0.25) is 9.69 Å². The zero-order chi connectivity index (χ0) is 20.7. The zero-order valence-corrected chi connectivity index (χ0v) is 17.0. The fourth-order valence-corrected chi connectivity index (χ4v) is 4.42. The number of guanidine groups is 1. The Balaban J connectivity index is 1.50. The highest BCUT2D eigenvalue weighted by Crippen LogP contribution is 2.52. The summed E-state index contributed by atoms with van der Waals surface area (Å²) in [6.45, 7) is 2.57. The van der Waals surface area contributed by atoms with Crippen molar-refractivity contribution in [2.45, 2.75) is 31.7 Å². The van der Waals surface area contributed by atoms with Crippen LogP contribution >= 0.6 is 0 Å². The Bertz CT molecular complexity index is 1120. The summed E-state index contributed by atoms with van der Waals surface area (Å²) in [6.07, 6.45) is 6.06. The second-order valence-electron chi connectivity index (χ2n) is 8.24. The number of aryl methyl sites for hydroxylation is 1. The third-order valence-electron chi connectivity index (χ3n) is 6.12. The molecule has 2 heterocycles. The van der Waals surface area contributed by atoms with Gasteiger partial charge >= 0.3 is 0 Å². The van der Waals surface area contributed by atoms with Crippen molar-refractivity contribution in [3.05, 3.63) is 77.9 Å². The van der Waals surface area contributed by atoms with Crippen LogP contribution in [0.5, 0.6) is 0 Å². The molecular weight excluding hydrogens is 374 g/mol. The van der Waals surface area contributed by atoms with Crippen LogP contribution in [-0.4, -0.2) is 33.3 Å². The van der Waals surface area contributed by atoms with E-state index in [9.17, 15) is 4.79 Å². The molecule has 2 aliphatic rings. The van der Waals surface area contributed by atoms with Gasteiger partial charge in [0, 0.05) is 24.9 Å². The largest absolute Gasteiger partial charge is 0.369 e. The van der Waals surface area contributed by atoms with E-state index in [1.165, 1.54) is 5.56 Å². The van der Waals surface area contributed by atoms with E-state index in [-0.39, 0.29) is 11.8 Å². The molecule has 5 rings (SSSR count). The van der Waals surface area contributed by atoms with Crippen molar-refractivity contribution in [3.63, 3.8) is 0 Å². The van der Waals surface area contributed by atoms with Gasteiger partial charge in [0.1, 0.15) is 0 Å². The number of aromatic nitrogens is 2. The van der Waals surface area contributed by atoms with Crippen LogP contribution in [-0.2, 0) is 16.8 Å². The first-order chi connectivity index (χ1) is 14.6. The standard InChI is InChI=1S/C24H25N5O/c1-16-4-2-5-17(12-16)18-6-3-7-20(13-18)24(19-8-9-19)22(30)29(23(25)28-24)11-10-21-14-26-15-27-21/h2-7,12-15,19H,8-11H2,1H3,(H2,25,28)(H,26,27). The van der Waals surface area contributed by atoms with E-state index in [1.807, 2.05) is 12.1 Å². The number of aliphatic imine (C=N–C) groups is 1. The summed E-state index contributed by atoms with van der Waals surface area (Å²) in [5.74, 6) is 0.504. The van der Waals surface area contributed by atoms with E-state index in [4.69, 9.17) is 10.7 Å². The van der Waals surface area contributed by atoms with Gasteiger partial charge in [0.25, 0.3) is 5.91 Å². The fourth-order valence-electron chi connectivity index (χ4n) is 4.42. The second-order valence-corrected chi connectivity index (χ2v) is 8.24. The second kappa shape index (κ2) is 7.13. The Labute approximate surface area is 175 Å². The van der Waals surface area contributed by atoms with Crippen LogP contribution in [0.4, 0.5) is 0 Å². The summed E-state index contributed by atoms with van der Waals surface area (Å²) < 4.78 is 0. The first-order valence-corrected chi connectivity index (χ1v) is 10.4. The van der Waals surface area contributed by atoms with Crippen molar-refractivity contribution in [2.75, 3.05) is 6.54 Å². The van der Waals surface area contributed by atoms with Crippen LogP contribution in [0, 0.1) is 12.8 Å². The predicted octanol–water partition coefficient (Wildman–Crippen LogP) is 3.39. The van der Waals surface area contributed by atoms with Crippen molar-refractivity contribution in [1.29, 1.82) is 0 Å². The maximum Gasteiger partial charge on any atom is 0.262 e. The van der Waals surface area contributed by atoms with Gasteiger partial charge < -0.3 is 10.7 Å². The molecule has 1 aliphatic heterocycles. The molecule has 1 atom stereocenters.